The predicted molar refractivity (Wildman–Crippen MR) is 85.2 cm³/mol. The number of fused-ring (bicyclic) bond motifs is 1. The molecule has 0 aliphatic rings. The topological polar surface area (TPSA) is 69.6 Å². The van der Waals surface area contributed by atoms with Crippen LogP contribution in [0.2, 0.25) is 5.02 Å². The first-order valence-electron chi connectivity index (χ1n) is 7.12. The number of para-hydroxylation sites is 1. The van der Waals surface area contributed by atoms with Gasteiger partial charge in [0.2, 0.25) is 11.8 Å². The Morgan fingerprint density at radius 2 is 1.83 bits per heavy atom. The smallest absolute Gasteiger partial charge is 0.238 e. The Morgan fingerprint density at radius 1 is 0.957 bits per heavy atom. The van der Waals surface area contributed by atoms with Crippen molar-refractivity contribution in [2.24, 2.45) is 0 Å². The SMILES string of the molecule is Clc1cccc(Cc2nnc(Cn3nnc4ccccc43)o2)c1. The molecule has 7 heteroatoms. The first-order valence-corrected chi connectivity index (χ1v) is 7.50. The molecule has 0 saturated heterocycles. The summed E-state index contributed by atoms with van der Waals surface area (Å²) in [6.45, 7) is 0.392. The molecule has 0 amide bonds. The van der Waals surface area contributed by atoms with Crippen LogP contribution in [0.1, 0.15) is 17.3 Å². The molecule has 2 heterocycles. The highest BCUT2D eigenvalue weighted by molar-refractivity contribution is 6.30. The normalized spacial score (nSPS) is 11.2. The number of halogens is 1. The molecule has 0 saturated carbocycles. The van der Waals surface area contributed by atoms with E-state index >= 15 is 0 Å². The zero-order valence-corrected chi connectivity index (χ0v) is 12.8. The first kappa shape index (κ1) is 13.9. The second-order valence-electron chi connectivity index (χ2n) is 5.13. The minimum atomic E-state index is 0.392. The Balaban J connectivity index is 1.54. The van der Waals surface area contributed by atoms with Crippen LogP contribution in [0.15, 0.2) is 52.9 Å². The lowest BCUT2D eigenvalue weighted by atomic mass is 10.1. The first-order chi connectivity index (χ1) is 11.3. The molecular weight excluding hydrogens is 314 g/mol. The van der Waals surface area contributed by atoms with Crippen LogP contribution < -0.4 is 0 Å². The third-order valence-corrected chi connectivity index (χ3v) is 3.69. The van der Waals surface area contributed by atoms with Crippen LogP contribution in [0, 0.1) is 0 Å². The molecule has 0 bridgehead atoms. The van der Waals surface area contributed by atoms with Crippen LogP contribution in [-0.4, -0.2) is 25.2 Å². The summed E-state index contributed by atoms with van der Waals surface area (Å²) < 4.78 is 7.44. The van der Waals surface area contributed by atoms with Crippen LogP contribution >= 0.6 is 11.6 Å². The highest BCUT2D eigenvalue weighted by Gasteiger charge is 2.10. The fraction of sp³-hybridized carbons (Fsp3) is 0.125. The van der Waals surface area contributed by atoms with Gasteiger partial charge >= 0.3 is 0 Å². The molecule has 0 unspecified atom stereocenters. The number of hydrogen-bond donors (Lipinski definition) is 0. The van der Waals surface area contributed by atoms with Crippen LogP contribution in [-0.2, 0) is 13.0 Å². The van der Waals surface area contributed by atoms with Crippen molar-refractivity contribution in [3.8, 4) is 0 Å². The second kappa shape index (κ2) is 5.81. The summed E-state index contributed by atoms with van der Waals surface area (Å²) in [5.41, 5.74) is 2.80. The average molecular weight is 326 g/mol. The molecule has 0 fully saturated rings. The fourth-order valence-corrected chi connectivity index (χ4v) is 2.62. The number of rotatable bonds is 4. The molecule has 0 aliphatic heterocycles. The lowest BCUT2D eigenvalue weighted by molar-refractivity contribution is 0.436. The van der Waals surface area contributed by atoms with E-state index in [0.717, 1.165) is 16.6 Å². The van der Waals surface area contributed by atoms with Crippen LogP contribution in [0.4, 0.5) is 0 Å². The molecule has 0 aliphatic carbocycles. The van der Waals surface area contributed by atoms with E-state index in [1.807, 2.05) is 48.5 Å². The molecule has 6 nitrogen and oxygen atoms in total. The van der Waals surface area contributed by atoms with Gasteiger partial charge in [-0.25, -0.2) is 4.68 Å². The summed E-state index contributed by atoms with van der Waals surface area (Å²) in [6.07, 6.45) is 0.547. The maximum absolute atomic E-state index is 5.98. The number of benzene rings is 2. The third kappa shape index (κ3) is 2.93. The Morgan fingerprint density at radius 3 is 2.74 bits per heavy atom. The van der Waals surface area contributed by atoms with Gasteiger partial charge in [0, 0.05) is 5.02 Å². The van der Waals surface area contributed by atoms with Crippen LogP contribution in [0.5, 0.6) is 0 Å². The van der Waals surface area contributed by atoms with Crippen molar-refractivity contribution in [3.05, 3.63) is 70.9 Å². The van der Waals surface area contributed by atoms with Gasteiger partial charge in [-0.05, 0) is 29.8 Å². The van der Waals surface area contributed by atoms with Gasteiger partial charge in [-0.15, -0.1) is 15.3 Å². The summed E-state index contributed by atoms with van der Waals surface area (Å²) in [6, 6.07) is 15.3. The van der Waals surface area contributed by atoms with Crippen molar-refractivity contribution in [2.75, 3.05) is 0 Å². The maximum Gasteiger partial charge on any atom is 0.238 e. The van der Waals surface area contributed by atoms with E-state index in [2.05, 4.69) is 20.5 Å². The Bertz CT molecular complexity index is 962. The van der Waals surface area contributed by atoms with Gasteiger partial charge in [0.1, 0.15) is 12.1 Å². The summed E-state index contributed by atoms with van der Waals surface area (Å²) in [7, 11) is 0. The highest BCUT2D eigenvalue weighted by Crippen LogP contribution is 2.15. The Labute approximate surface area is 136 Å². The van der Waals surface area contributed by atoms with Gasteiger partial charge in [-0.1, -0.05) is 41.1 Å². The van der Waals surface area contributed by atoms with E-state index in [1.54, 1.807) is 4.68 Å². The molecule has 2 aromatic carbocycles. The van der Waals surface area contributed by atoms with Gasteiger partial charge in [0.25, 0.3) is 0 Å². The summed E-state index contributed by atoms with van der Waals surface area (Å²) in [4.78, 5) is 0. The lowest BCUT2D eigenvalue weighted by Gasteiger charge is -1.98. The van der Waals surface area contributed by atoms with Gasteiger partial charge < -0.3 is 4.42 Å². The molecule has 4 rings (SSSR count). The maximum atomic E-state index is 5.98. The molecule has 0 spiro atoms. The van der Waals surface area contributed by atoms with Gasteiger partial charge in [-0.3, -0.25) is 0 Å². The summed E-state index contributed by atoms with van der Waals surface area (Å²) in [5.74, 6) is 1.05. The van der Waals surface area contributed by atoms with E-state index < -0.39 is 0 Å². The minimum absolute atomic E-state index is 0.392. The predicted octanol–water partition coefficient (Wildman–Crippen LogP) is 3.11. The van der Waals surface area contributed by atoms with Gasteiger partial charge in [0.05, 0.1) is 11.9 Å². The van der Waals surface area contributed by atoms with Crippen molar-refractivity contribution >= 4 is 22.6 Å². The second-order valence-corrected chi connectivity index (χ2v) is 5.57. The summed E-state index contributed by atoms with van der Waals surface area (Å²) in [5, 5.41) is 17.1. The van der Waals surface area contributed by atoms with E-state index in [4.69, 9.17) is 16.0 Å². The van der Waals surface area contributed by atoms with E-state index in [0.29, 0.717) is 29.8 Å². The van der Waals surface area contributed by atoms with Crippen molar-refractivity contribution < 1.29 is 4.42 Å². The van der Waals surface area contributed by atoms with Gasteiger partial charge in [-0.2, -0.15) is 0 Å². The lowest BCUT2D eigenvalue weighted by Crippen LogP contribution is -2.02. The van der Waals surface area contributed by atoms with Crippen LogP contribution in [0.25, 0.3) is 11.0 Å². The largest absolute Gasteiger partial charge is 0.423 e. The molecule has 4 aromatic rings. The van der Waals surface area contributed by atoms with Crippen molar-refractivity contribution in [2.45, 2.75) is 13.0 Å². The Kier molecular flexibility index (Phi) is 3.51. The minimum Gasteiger partial charge on any atom is -0.423 e. The van der Waals surface area contributed by atoms with E-state index in [-0.39, 0.29) is 0 Å². The van der Waals surface area contributed by atoms with E-state index in [9.17, 15) is 0 Å². The Hall–Kier alpha value is -2.73. The molecular formula is C16H12ClN5O. The van der Waals surface area contributed by atoms with Crippen LogP contribution in [0.3, 0.4) is 0 Å². The zero-order valence-electron chi connectivity index (χ0n) is 12.1. The van der Waals surface area contributed by atoms with Gasteiger partial charge in [0.15, 0.2) is 0 Å². The molecule has 0 radical (unpaired) electrons. The highest BCUT2D eigenvalue weighted by atomic mass is 35.5. The number of nitrogens with zero attached hydrogens (tertiary/aromatic N) is 5. The fourth-order valence-electron chi connectivity index (χ4n) is 2.41. The third-order valence-electron chi connectivity index (χ3n) is 3.46. The number of hydrogen-bond acceptors (Lipinski definition) is 5. The van der Waals surface area contributed by atoms with Crippen molar-refractivity contribution in [1.29, 1.82) is 0 Å². The van der Waals surface area contributed by atoms with Crippen molar-refractivity contribution in [1.82, 2.24) is 25.2 Å². The van der Waals surface area contributed by atoms with Crippen molar-refractivity contribution in [3.63, 3.8) is 0 Å². The van der Waals surface area contributed by atoms with E-state index in [1.165, 1.54) is 0 Å². The molecule has 2 aromatic heterocycles. The molecule has 0 atom stereocenters. The quantitative estimate of drug-likeness (QED) is 0.576. The number of aromatic nitrogens is 5. The molecule has 114 valence electrons. The monoisotopic (exact) mass is 325 g/mol. The average Bonchev–Trinajstić information content (AvgIpc) is 3.16. The molecule has 23 heavy (non-hydrogen) atoms. The molecule has 0 N–H and O–H groups in total. The summed E-state index contributed by atoms with van der Waals surface area (Å²) >= 11 is 5.98. The zero-order chi connectivity index (χ0) is 15.6. The standard InChI is InChI=1S/C16H12ClN5O/c17-12-5-3-4-11(8-12)9-15-19-20-16(23-15)10-22-14-7-2-1-6-13(14)18-21-22/h1-8H,9-10H2.